The summed E-state index contributed by atoms with van der Waals surface area (Å²) in [6.07, 6.45) is -2.52. The fraction of sp³-hybridized carbons (Fsp3) is 0.0556. The molecule has 3 heteroatoms. The van der Waals surface area contributed by atoms with Gasteiger partial charge in [-0.05, 0) is 12.1 Å². The molecule has 0 amide bonds. The summed E-state index contributed by atoms with van der Waals surface area (Å²) in [5.74, 6) is 0. The summed E-state index contributed by atoms with van der Waals surface area (Å²) in [5, 5.41) is 0. The van der Waals surface area contributed by atoms with Gasteiger partial charge in [0.2, 0.25) is 0 Å². The molecule has 0 fully saturated rings. The summed E-state index contributed by atoms with van der Waals surface area (Å²) >= 11 is 0. The van der Waals surface area contributed by atoms with Gasteiger partial charge in [-0.3, -0.25) is 0 Å². The molecule has 0 saturated carbocycles. The van der Waals surface area contributed by atoms with Crippen molar-refractivity contribution in [2.45, 2.75) is 6.43 Å². The lowest BCUT2D eigenvalue weighted by atomic mass is 10.0. The van der Waals surface area contributed by atoms with Gasteiger partial charge in [-0.15, -0.1) is 0 Å². The van der Waals surface area contributed by atoms with E-state index in [-0.39, 0.29) is 5.56 Å². The first-order chi connectivity index (χ1) is 10.2. The molecule has 104 valence electrons. The number of pyridine rings is 1. The van der Waals surface area contributed by atoms with Crippen LogP contribution in [0.3, 0.4) is 0 Å². The second kappa shape index (κ2) is 5.83. The molecule has 21 heavy (non-hydrogen) atoms. The van der Waals surface area contributed by atoms with E-state index < -0.39 is 6.43 Å². The number of halogens is 2. The van der Waals surface area contributed by atoms with Crippen molar-refractivity contribution in [3.8, 4) is 22.5 Å². The Balaban J connectivity index is 2.16. The third kappa shape index (κ3) is 2.97. The van der Waals surface area contributed by atoms with Gasteiger partial charge < -0.3 is 0 Å². The molecule has 0 N–H and O–H groups in total. The van der Waals surface area contributed by atoms with Gasteiger partial charge in [-0.2, -0.15) is 0 Å². The lowest BCUT2D eigenvalue weighted by Crippen LogP contribution is -1.93. The highest BCUT2D eigenvalue weighted by Crippen LogP contribution is 2.29. The third-order valence-corrected chi connectivity index (χ3v) is 3.24. The smallest absolute Gasteiger partial charge is 0.248 e. The van der Waals surface area contributed by atoms with Crippen LogP contribution >= 0.6 is 0 Å². The van der Waals surface area contributed by atoms with Gasteiger partial charge in [0.25, 0.3) is 6.43 Å². The summed E-state index contributed by atoms with van der Waals surface area (Å²) < 4.78 is 26.3. The topological polar surface area (TPSA) is 12.9 Å². The molecule has 0 bridgehead atoms. The number of hydrogen-bond donors (Lipinski definition) is 0. The Morgan fingerprint density at radius 3 is 1.48 bits per heavy atom. The molecule has 0 aliphatic carbocycles. The molecule has 1 heterocycles. The van der Waals surface area contributed by atoms with Crippen molar-refractivity contribution < 1.29 is 8.78 Å². The molecule has 0 saturated heterocycles. The molecule has 0 aliphatic rings. The zero-order chi connectivity index (χ0) is 14.7. The van der Waals surface area contributed by atoms with Crippen LogP contribution in [-0.4, -0.2) is 4.98 Å². The van der Waals surface area contributed by atoms with E-state index in [1.807, 2.05) is 60.7 Å². The molecule has 3 aromatic rings. The maximum Gasteiger partial charge on any atom is 0.264 e. The zero-order valence-electron chi connectivity index (χ0n) is 11.2. The van der Waals surface area contributed by atoms with Crippen LogP contribution in [0.4, 0.5) is 8.78 Å². The normalized spacial score (nSPS) is 10.8. The molecular formula is C18H13F2N. The van der Waals surface area contributed by atoms with Gasteiger partial charge in [0.15, 0.2) is 0 Å². The molecule has 0 aliphatic heterocycles. The van der Waals surface area contributed by atoms with Crippen LogP contribution in [-0.2, 0) is 0 Å². The van der Waals surface area contributed by atoms with E-state index in [2.05, 4.69) is 4.98 Å². The van der Waals surface area contributed by atoms with E-state index in [9.17, 15) is 8.78 Å². The van der Waals surface area contributed by atoms with Crippen LogP contribution in [0.25, 0.3) is 22.5 Å². The van der Waals surface area contributed by atoms with Crippen LogP contribution in [0.5, 0.6) is 0 Å². The minimum atomic E-state index is -2.52. The largest absolute Gasteiger partial charge is 0.264 e. The highest BCUT2D eigenvalue weighted by atomic mass is 19.3. The van der Waals surface area contributed by atoms with Crippen molar-refractivity contribution in [2.75, 3.05) is 0 Å². The molecule has 0 radical (unpaired) electrons. The molecule has 1 nitrogen and oxygen atoms in total. The van der Waals surface area contributed by atoms with Crippen molar-refractivity contribution in [1.29, 1.82) is 0 Å². The number of nitrogens with zero attached hydrogens (tertiary/aromatic N) is 1. The van der Waals surface area contributed by atoms with Crippen molar-refractivity contribution in [3.05, 3.63) is 78.4 Å². The van der Waals surface area contributed by atoms with Gasteiger partial charge in [-0.1, -0.05) is 60.7 Å². The number of hydrogen-bond acceptors (Lipinski definition) is 1. The molecule has 0 unspecified atom stereocenters. The first kappa shape index (κ1) is 13.4. The van der Waals surface area contributed by atoms with Crippen molar-refractivity contribution >= 4 is 0 Å². The number of aromatic nitrogens is 1. The SMILES string of the molecule is FC(F)c1cc(-c2ccccc2)nc(-c2ccccc2)c1. The fourth-order valence-corrected chi connectivity index (χ4v) is 2.19. The van der Waals surface area contributed by atoms with Crippen LogP contribution in [0.15, 0.2) is 72.8 Å². The number of rotatable bonds is 3. The number of benzene rings is 2. The Kier molecular flexibility index (Phi) is 3.73. The van der Waals surface area contributed by atoms with Crippen molar-refractivity contribution in [3.63, 3.8) is 0 Å². The predicted molar refractivity (Wildman–Crippen MR) is 80.1 cm³/mol. The molecule has 2 aromatic carbocycles. The lowest BCUT2D eigenvalue weighted by Gasteiger charge is -2.09. The number of alkyl halides is 2. The monoisotopic (exact) mass is 281 g/mol. The Labute approximate surface area is 121 Å². The maximum atomic E-state index is 13.1. The molecule has 3 rings (SSSR count). The van der Waals surface area contributed by atoms with E-state index in [1.165, 1.54) is 12.1 Å². The predicted octanol–water partition coefficient (Wildman–Crippen LogP) is 5.35. The molecule has 0 spiro atoms. The summed E-state index contributed by atoms with van der Waals surface area (Å²) in [7, 11) is 0. The fourth-order valence-electron chi connectivity index (χ4n) is 2.19. The van der Waals surface area contributed by atoms with Gasteiger partial charge in [0.1, 0.15) is 0 Å². The second-order valence-corrected chi connectivity index (χ2v) is 4.70. The van der Waals surface area contributed by atoms with Gasteiger partial charge >= 0.3 is 0 Å². The average molecular weight is 281 g/mol. The quantitative estimate of drug-likeness (QED) is 0.630. The standard InChI is InChI=1S/C18H13F2N/c19-18(20)15-11-16(13-7-3-1-4-8-13)21-17(12-15)14-9-5-2-6-10-14/h1-12,18H. The maximum absolute atomic E-state index is 13.1. The Bertz CT molecular complexity index is 667. The Morgan fingerprint density at radius 1 is 0.667 bits per heavy atom. The minimum Gasteiger partial charge on any atom is -0.248 e. The van der Waals surface area contributed by atoms with Crippen LogP contribution in [0, 0.1) is 0 Å². The zero-order valence-corrected chi connectivity index (χ0v) is 11.2. The van der Waals surface area contributed by atoms with E-state index >= 15 is 0 Å². The third-order valence-electron chi connectivity index (χ3n) is 3.24. The first-order valence-electron chi connectivity index (χ1n) is 6.65. The first-order valence-corrected chi connectivity index (χ1v) is 6.65. The van der Waals surface area contributed by atoms with Gasteiger partial charge in [0, 0.05) is 16.7 Å². The van der Waals surface area contributed by atoms with Crippen LogP contribution in [0.1, 0.15) is 12.0 Å². The molecule has 0 atom stereocenters. The minimum absolute atomic E-state index is 0.0114. The van der Waals surface area contributed by atoms with E-state index in [0.717, 1.165) is 11.1 Å². The highest BCUT2D eigenvalue weighted by molar-refractivity contribution is 5.67. The Hall–Kier alpha value is -2.55. The lowest BCUT2D eigenvalue weighted by molar-refractivity contribution is 0.151. The summed E-state index contributed by atoms with van der Waals surface area (Å²) in [6, 6.07) is 21.6. The Morgan fingerprint density at radius 2 is 1.10 bits per heavy atom. The van der Waals surface area contributed by atoms with E-state index in [1.54, 1.807) is 0 Å². The highest BCUT2D eigenvalue weighted by Gasteiger charge is 2.13. The van der Waals surface area contributed by atoms with E-state index in [0.29, 0.717) is 11.4 Å². The summed E-state index contributed by atoms with van der Waals surface area (Å²) in [5.41, 5.74) is 2.77. The summed E-state index contributed by atoms with van der Waals surface area (Å²) in [6.45, 7) is 0. The van der Waals surface area contributed by atoms with Gasteiger partial charge in [-0.25, -0.2) is 13.8 Å². The molecular weight excluding hydrogens is 268 g/mol. The average Bonchev–Trinajstić information content (AvgIpc) is 2.56. The molecule has 1 aromatic heterocycles. The van der Waals surface area contributed by atoms with E-state index in [4.69, 9.17) is 0 Å². The second-order valence-electron chi connectivity index (χ2n) is 4.70. The van der Waals surface area contributed by atoms with Crippen molar-refractivity contribution in [1.82, 2.24) is 4.98 Å². The summed E-state index contributed by atoms with van der Waals surface area (Å²) in [4.78, 5) is 4.52. The van der Waals surface area contributed by atoms with Crippen molar-refractivity contribution in [2.24, 2.45) is 0 Å². The van der Waals surface area contributed by atoms with Gasteiger partial charge in [0.05, 0.1) is 11.4 Å². The van der Waals surface area contributed by atoms with Crippen LogP contribution in [0.2, 0.25) is 0 Å². The van der Waals surface area contributed by atoms with Crippen LogP contribution < -0.4 is 0 Å².